The molecule has 3 aromatic carbocycles. The number of amidine groups is 1. The molecule has 1 N–H and O–H groups in total. The number of hydrogen-bond acceptors (Lipinski definition) is 5. The van der Waals surface area contributed by atoms with Gasteiger partial charge in [-0.05, 0) is 54.1 Å². The molecule has 2 amide bonds. The van der Waals surface area contributed by atoms with Crippen molar-refractivity contribution in [1.82, 2.24) is 4.90 Å². The zero-order chi connectivity index (χ0) is 23.2. The molecule has 6 nitrogen and oxygen atoms in total. The van der Waals surface area contributed by atoms with E-state index in [9.17, 15) is 9.59 Å². The number of anilines is 1. The second-order valence-electron chi connectivity index (χ2n) is 7.36. The zero-order valence-electron chi connectivity index (χ0n) is 17.9. The molecule has 1 fully saturated rings. The Morgan fingerprint density at radius 3 is 2.45 bits per heavy atom. The number of rotatable bonds is 6. The molecule has 0 bridgehead atoms. The van der Waals surface area contributed by atoms with E-state index in [1.54, 1.807) is 36.3 Å². The highest BCUT2D eigenvalue weighted by Gasteiger charge is 2.36. The second kappa shape index (κ2) is 10.6. The number of para-hydroxylation sites is 1. The number of ether oxygens (including phenoxy) is 1. The molecule has 1 aliphatic rings. The fraction of sp³-hybridized carbons (Fsp3) is 0.160. The highest BCUT2D eigenvalue weighted by Crippen LogP contribution is 2.31. The van der Waals surface area contributed by atoms with E-state index in [-0.39, 0.29) is 18.2 Å². The van der Waals surface area contributed by atoms with Crippen molar-refractivity contribution in [2.24, 2.45) is 4.99 Å². The highest BCUT2D eigenvalue weighted by atomic mass is 35.5. The van der Waals surface area contributed by atoms with Gasteiger partial charge in [-0.1, -0.05) is 53.7 Å². The summed E-state index contributed by atoms with van der Waals surface area (Å²) in [5.41, 5.74) is 2.27. The quantitative estimate of drug-likeness (QED) is 0.506. The summed E-state index contributed by atoms with van der Waals surface area (Å²) in [6, 6.07) is 23.7. The monoisotopic (exact) mass is 479 g/mol. The van der Waals surface area contributed by atoms with Crippen LogP contribution < -0.4 is 10.1 Å². The Bertz CT molecular complexity index is 1150. The van der Waals surface area contributed by atoms with Crippen molar-refractivity contribution in [3.05, 3.63) is 89.4 Å². The van der Waals surface area contributed by atoms with Gasteiger partial charge in [-0.3, -0.25) is 14.5 Å². The van der Waals surface area contributed by atoms with Gasteiger partial charge in [0.05, 0.1) is 19.3 Å². The lowest BCUT2D eigenvalue weighted by atomic mass is 10.2. The Labute approximate surface area is 201 Å². The number of nitrogens with one attached hydrogen (secondary N) is 1. The number of carbonyl (C=O) groups is 2. The molecule has 1 unspecified atom stereocenters. The van der Waals surface area contributed by atoms with Crippen LogP contribution in [-0.4, -0.2) is 34.2 Å². The molecule has 0 aromatic heterocycles. The summed E-state index contributed by atoms with van der Waals surface area (Å²) < 4.78 is 5.22. The van der Waals surface area contributed by atoms with Gasteiger partial charge >= 0.3 is 0 Å². The minimum atomic E-state index is -0.587. The van der Waals surface area contributed by atoms with E-state index in [2.05, 4.69) is 10.3 Å². The first-order valence-corrected chi connectivity index (χ1v) is 11.6. The van der Waals surface area contributed by atoms with Gasteiger partial charge < -0.3 is 10.1 Å². The Morgan fingerprint density at radius 2 is 1.79 bits per heavy atom. The molecule has 1 atom stereocenters. The van der Waals surface area contributed by atoms with Gasteiger partial charge in [-0.15, -0.1) is 0 Å². The van der Waals surface area contributed by atoms with Crippen molar-refractivity contribution in [1.29, 1.82) is 0 Å². The lowest BCUT2D eigenvalue weighted by Gasteiger charge is -2.32. The van der Waals surface area contributed by atoms with Crippen LogP contribution in [-0.2, 0) is 16.1 Å². The normalized spacial score (nSPS) is 17.2. The number of nitrogens with zero attached hydrogens (tertiary/aromatic N) is 2. The van der Waals surface area contributed by atoms with E-state index < -0.39 is 5.25 Å². The predicted octanol–water partition coefficient (Wildman–Crippen LogP) is 5.51. The fourth-order valence-electron chi connectivity index (χ4n) is 3.28. The predicted molar refractivity (Wildman–Crippen MR) is 133 cm³/mol. The largest absolute Gasteiger partial charge is 0.497 e. The second-order valence-corrected chi connectivity index (χ2v) is 8.97. The Morgan fingerprint density at radius 1 is 1.09 bits per heavy atom. The van der Waals surface area contributed by atoms with Crippen LogP contribution >= 0.6 is 23.4 Å². The van der Waals surface area contributed by atoms with Crippen molar-refractivity contribution in [2.75, 3.05) is 12.4 Å². The molecule has 0 radical (unpaired) electrons. The number of benzene rings is 3. The minimum Gasteiger partial charge on any atom is -0.497 e. The summed E-state index contributed by atoms with van der Waals surface area (Å²) >= 11 is 7.28. The summed E-state index contributed by atoms with van der Waals surface area (Å²) in [6.07, 6.45) is 0.0825. The molecule has 4 rings (SSSR count). The average Bonchev–Trinajstić information content (AvgIpc) is 2.83. The Hall–Kier alpha value is -3.29. The number of halogens is 1. The van der Waals surface area contributed by atoms with Crippen LogP contribution in [0.3, 0.4) is 0 Å². The Balaban J connectivity index is 1.59. The van der Waals surface area contributed by atoms with Gasteiger partial charge in [-0.25, -0.2) is 4.99 Å². The van der Waals surface area contributed by atoms with E-state index in [0.29, 0.717) is 28.1 Å². The van der Waals surface area contributed by atoms with Crippen LogP contribution in [0.4, 0.5) is 11.4 Å². The van der Waals surface area contributed by atoms with E-state index in [1.807, 2.05) is 54.6 Å². The number of carbonyl (C=O) groups excluding carboxylic acids is 2. The van der Waals surface area contributed by atoms with Crippen LogP contribution in [0.5, 0.6) is 5.75 Å². The van der Waals surface area contributed by atoms with Crippen LogP contribution in [0.2, 0.25) is 5.02 Å². The van der Waals surface area contributed by atoms with E-state index in [0.717, 1.165) is 11.3 Å². The molecule has 33 heavy (non-hydrogen) atoms. The van der Waals surface area contributed by atoms with Crippen LogP contribution in [0.1, 0.15) is 12.0 Å². The zero-order valence-corrected chi connectivity index (χ0v) is 19.5. The molecule has 0 aliphatic carbocycles. The molecule has 1 aliphatic heterocycles. The van der Waals surface area contributed by atoms with Gasteiger partial charge in [0.1, 0.15) is 11.0 Å². The SMILES string of the molecule is COc1ccc(CN2C(=O)CC(C(=O)Nc3ccccc3)SC2=Nc2ccc(Cl)cc2)cc1. The van der Waals surface area contributed by atoms with Crippen molar-refractivity contribution in [3.63, 3.8) is 0 Å². The van der Waals surface area contributed by atoms with Crippen molar-refractivity contribution >= 4 is 51.7 Å². The summed E-state index contributed by atoms with van der Waals surface area (Å²) in [5.74, 6) is 0.351. The molecule has 1 heterocycles. The van der Waals surface area contributed by atoms with Crippen LogP contribution in [0, 0.1) is 0 Å². The van der Waals surface area contributed by atoms with Crippen molar-refractivity contribution in [3.8, 4) is 5.75 Å². The summed E-state index contributed by atoms with van der Waals surface area (Å²) in [6.45, 7) is 0.343. The van der Waals surface area contributed by atoms with Crippen molar-refractivity contribution in [2.45, 2.75) is 18.2 Å². The Kier molecular flexibility index (Phi) is 7.32. The minimum absolute atomic E-state index is 0.0825. The number of methoxy groups -OCH3 is 1. The van der Waals surface area contributed by atoms with E-state index in [1.165, 1.54) is 11.8 Å². The van der Waals surface area contributed by atoms with E-state index >= 15 is 0 Å². The van der Waals surface area contributed by atoms with Crippen LogP contribution in [0.15, 0.2) is 83.9 Å². The maximum absolute atomic E-state index is 13.1. The lowest BCUT2D eigenvalue weighted by Crippen LogP contribution is -2.44. The first-order chi connectivity index (χ1) is 16.0. The first kappa shape index (κ1) is 22.9. The highest BCUT2D eigenvalue weighted by molar-refractivity contribution is 8.15. The number of thioether (sulfide) groups is 1. The lowest BCUT2D eigenvalue weighted by molar-refractivity contribution is -0.129. The fourth-order valence-corrected chi connectivity index (χ4v) is 4.50. The molecular weight excluding hydrogens is 458 g/mol. The van der Waals surface area contributed by atoms with Gasteiger partial charge in [0, 0.05) is 17.1 Å². The molecule has 0 spiro atoms. The third-order valence-electron chi connectivity index (χ3n) is 5.02. The number of aliphatic imine (C=N–C) groups is 1. The molecule has 0 saturated carbocycles. The smallest absolute Gasteiger partial charge is 0.238 e. The third-order valence-corrected chi connectivity index (χ3v) is 6.46. The molecule has 1 saturated heterocycles. The number of amides is 2. The van der Waals surface area contributed by atoms with Crippen molar-refractivity contribution < 1.29 is 14.3 Å². The average molecular weight is 480 g/mol. The first-order valence-electron chi connectivity index (χ1n) is 10.3. The molecule has 168 valence electrons. The number of hydrogen-bond donors (Lipinski definition) is 1. The topological polar surface area (TPSA) is 71.0 Å². The standard InChI is InChI=1S/C25H22ClN3O3S/c1-32-21-13-7-17(8-14-21)16-29-23(30)15-22(24(31)27-19-5-3-2-4-6-19)33-25(29)28-20-11-9-18(26)10-12-20/h2-14,22H,15-16H2,1H3,(H,27,31). The summed E-state index contributed by atoms with van der Waals surface area (Å²) in [4.78, 5) is 32.4. The maximum Gasteiger partial charge on any atom is 0.238 e. The molecular formula is C25H22ClN3O3S. The van der Waals surface area contributed by atoms with Gasteiger partial charge in [-0.2, -0.15) is 0 Å². The maximum atomic E-state index is 13.1. The van der Waals surface area contributed by atoms with Gasteiger partial charge in [0.15, 0.2) is 5.17 Å². The van der Waals surface area contributed by atoms with Gasteiger partial charge in [0.25, 0.3) is 0 Å². The van der Waals surface area contributed by atoms with Crippen LogP contribution in [0.25, 0.3) is 0 Å². The molecule has 3 aromatic rings. The molecule has 8 heteroatoms. The summed E-state index contributed by atoms with van der Waals surface area (Å²) in [7, 11) is 1.61. The van der Waals surface area contributed by atoms with E-state index in [4.69, 9.17) is 16.3 Å². The van der Waals surface area contributed by atoms with Gasteiger partial charge in [0.2, 0.25) is 11.8 Å². The summed E-state index contributed by atoms with van der Waals surface area (Å²) in [5, 5.41) is 3.37. The third kappa shape index (κ3) is 5.94.